The Hall–Kier alpha value is -0.640. The molecule has 1 unspecified atom stereocenters. The third kappa shape index (κ3) is 2.31. The van der Waals surface area contributed by atoms with Gasteiger partial charge in [-0.3, -0.25) is 4.84 Å². The maximum Gasteiger partial charge on any atom is 0.249 e. The molecule has 0 saturated heterocycles. The average Bonchev–Trinajstić information content (AvgIpc) is 1.86. The molecule has 0 bridgehead atoms. The van der Waals surface area contributed by atoms with Crippen LogP contribution in [-0.2, 0) is 14.9 Å². The van der Waals surface area contributed by atoms with Crippen LogP contribution in [0.3, 0.4) is 0 Å². The molecule has 1 atom stereocenters. The minimum absolute atomic E-state index is 1.09. The standard InChI is InChI=1S/C4H8N2O3S/c1-4(3-5)10(7,8)6-9-2/h4,6H,1-2H3. The van der Waals surface area contributed by atoms with E-state index in [2.05, 4.69) is 4.84 Å². The molecule has 0 rings (SSSR count). The molecule has 0 fully saturated rings. The van der Waals surface area contributed by atoms with E-state index >= 15 is 0 Å². The van der Waals surface area contributed by atoms with Crippen molar-refractivity contribution in [3.8, 4) is 6.07 Å². The van der Waals surface area contributed by atoms with Gasteiger partial charge in [-0.1, -0.05) is 4.89 Å². The van der Waals surface area contributed by atoms with E-state index < -0.39 is 15.3 Å². The SMILES string of the molecule is CONS(=O)(=O)C(C)C#N. The van der Waals surface area contributed by atoms with Crippen LogP contribution in [0.5, 0.6) is 0 Å². The third-order valence-electron chi connectivity index (χ3n) is 0.847. The first-order chi connectivity index (χ1) is 4.54. The maximum absolute atomic E-state index is 10.7. The summed E-state index contributed by atoms with van der Waals surface area (Å²) in [5.41, 5.74) is 0. The molecular formula is C4H8N2O3S. The van der Waals surface area contributed by atoms with Gasteiger partial charge in [0, 0.05) is 0 Å². The monoisotopic (exact) mass is 164 g/mol. The van der Waals surface area contributed by atoms with Crippen molar-refractivity contribution in [1.29, 1.82) is 5.26 Å². The first-order valence-corrected chi connectivity index (χ1v) is 4.02. The second-order valence-corrected chi connectivity index (χ2v) is 3.57. The van der Waals surface area contributed by atoms with E-state index in [0.29, 0.717) is 0 Å². The lowest BCUT2D eigenvalue weighted by atomic mass is 10.5. The lowest BCUT2D eigenvalue weighted by Gasteiger charge is -2.03. The molecule has 0 aromatic heterocycles. The predicted octanol–water partition coefficient (Wildman–Crippen LogP) is -0.621. The first-order valence-electron chi connectivity index (χ1n) is 2.48. The molecular weight excluding hydrogens is 156 g/mol. The van der Waals surface area contributed by atoms with Crippen LogP contribution in [0.2, 0.25) is 0 Å². The van der Waals surface area contributed by atoms with Crippen molar-refractivity contribution in [3.05, 3.63) is 0 Å². The minimum Gasteiger partial charge on any atom is -0.290 e. The minimum atomic E-state index is -3.59. The van der Waals surface area contributed by atoms with Gasteiger partial charge in [-0.2, -0.15) is 5.26 Å². The lowest BCUT2D eigenvalue weighted by Crippen LogP contribution is -2.30. The highest BCUT2D eigenvalue weighted by Gasteiger charge is 2.18. The van der Waals surface area contributed by atoms with Gasteiger partial charge in [0.05, 0.1) is 13.2 Å². The summed E-state index contributed by atoms with van der Waals surface area (Å²) in [5.74, 6) is 0. The summed E-state index contributed by atoms with van der Waals surface area (Å²) in [7, 11) is -2.43. The van der Waals surface area contributed by atoms with Gasteiger partial charge in [0.2, 0.25) is 10.0 Å². The summed E-state index contributed by atoms with van der Waals surface area (Å²) < 4.78 is 21.4. The van der Waals surface area contributed by atoms with E-state index in [9.17, 15) is 8.42 Å². The van der Waals surface area contributed by atoms with E-state index in [4.69, 9.17) is 5.26 Å². The Morgan fingerprint density at radius 2 is 2.20 bits per heavy atom. The van der Waals surface area contributed by atoms with Crippen molar-refractivity contribution in [3.63, 3.8) is 0 Å². The van der Waals surface area contributed by atoms with Gasteiger partial charge in [-0.05, 0) is 6.92 Å². The van der Waals surface area contributed by atoms with Gasteiger partial charge in [-0.15, -0.1) is 0 Å². The van der Waals surface area contributed by atoms with E-state index in [1.165, 1.54) is 14.0 Å². The summed E-state index contributed by atoms with van der Waals surface area (Å²) in [6.45, 7) is 1.27. The predicted molar refractivity (Wildman–Crippen MR) is 34.1 cm³/mol. The second kappa shape index (κ2) is 3.51. The van der Waals surface area contributed by atoms with E-state index in [1.807, 2.05) is 0 Å². The van der Waals surface area contributed by atoms with Gasteiger partial charge in [0.25, 0.3) is 0 Å². The van der Waals surface area contributed by atoms with Crippen molar-refractivity contribution < 1.29 is 13.3 Å². The molecule has 0 aliphatic carbocycles. The third-order valence-corrected chi connectivity index (χ3v) is 2.28. The molecule has 6 heteroatoms. The second-order valence-electron chi connectivity index (χ2n) is 1.60. The Morgan fingerprint density at radius 3 is 2.50 bits per heavy atom. The van der Waals surface area contributed by atoms with Crippen LogP contribution < -0.4 is 4.89 Å². The first kappa shape index (κ1) is 9.36. The number of nitriles is 1. The molecule has 58 valence electrons. The van der Waals surface area contributed by atoms with Crippen LogP contribution in [0.4, 0.5) is 0 Å². The molecule has 0 aliphatic rings. The fourth-order valence-electron chi connectivity index (χ4n) is 0.258. The molecule has 0 aliphatic heterocycles. The molecule has 0 amide bonds. The van der Waals surface area contributed by atoms with Crippen molar-refractivity contribution >= 4 is 10.0 Å². The number of hydrogen-bond donors (Lipinski definition) is 1. The molecule has 0 spiro atoms. The Balaban J connectivity index is 4.30. The smallest absolute Gasteiger partial charge is 0.249 e. The van der Waals surface area contributed by atoms with Gasteiger partial charge in [-0.25, -0.2) is 8.42 Å². The summed E-state index contributed by atoms with van der Waals surface area (Å²) >= 11 is 0. The van der Waals surface area contributed by atoms with Gasteiger partial charge in [0.15, 0.2) is 5.25 Å². The Bertz CT molecular complexity index is 227. The van der Waals surface area contributed by atoms with Gasteiger partial charge in [0.1, 0.15) is 0 Å². The van der Waals surface area contributed by atoms with Crippen molar-refractivity contribution in [2.75, 3.05) is 7.11 Å². The van der Waals surface area contributed by atoms with Crippen LogP contribution >= 0.6 is 0 Å². The topological polar surface area (TPSA) is 79.2 Å². The van der Waals surface area contributed by atoms with Gasteiger partial charge < -0.3 is 0 Å². The molecule has 1 N–H and O–H groups in total. The van der Waals surface area contributed by atoms with E-state index in [1.54, 1.807) is 11.0 Å². The number of nitrogens with zero attached hydrogens (tertiary/aromatic N) is 1. The van der Waals surface area contributed by atoms with Crippen LogP contribution in [0.25, 0.3) is 0 Å². The summed E-state index contributed by atoms with van der Waals surface area (Å²) in [6.07, 6.45) is 0. The van der Waals surface area contributed by atoms with E-state index in [-0.39, 0.29) is 0 Å². The highest BCUT2D eigenvalue weighted by atomic mass is 32.2. The zero-order valence-corrected chi connectivity index (χ0v) is 6.47. The van der Waals surface area contributed by atoms with Crippen molar-refractivity contribution in [2.24, 2.45) is 0 Å². The van der Waals surface area contributed by atoms with E-state index in [0.717, 1.165) is 0 Å². The van der Waals surface area contributed by atoms with Crippen LogP contribution in [-0.4, -0.2) is 20.8 Å². The summed E-state index contributed by atoms with van der Waals surface area (Å²) in [5, 5.41) is 7.08. The normalized spacial score (nSPS) is 14.1. The Morgan fingerprint density at radius 1 is 1.70 bits per heavy atom. The molecule has 0 saturated carbocycles. The number of nitrogens with one attached hydrogen (secondary N) is 1. The molecule has 0 aromatic carbocycles. The quantitative estimate of drug-likeness (QED) is 0.564. The molecule has 0 aromatic rings. The maximum atomic E-state index is 10.7. The molecule has 0 heterocycles. The summed E-state index contributed by atoms with van der Waals surface area (Å²) in [6, 6.07) is 1.56. The van der Waals surface area contributed by atoms with Crippen molar-refractivity contribution in [2.45, 2.75) is 12.2 Å². The molecule has 0 radical (unpaired) electrons. The van der Waals surface area contributed by atoms with Crippen LogP contribution in [0.15, 0.2) is 0 Å². The van der Waals surface area contributed by atoms with Crippen LogP contribution in [0.1, 0.15) is 6.92 Å². The largest absolute Gasteiger partial charge is 0.290 e. The highest BCUT2D eigenvalue weighted by Crippen LogP contribution is 1.94. The summed E-state index contributed by atoms with van der Waals surface area (Å²) in [4.78, 5) is 5.86. The fourth-order valence-corrected chi connectivity index (χ4v) is 0.773. The number of rotatable bonds is 3. The fraction of sp³-hybridized carbons (Fsp3) is 0.750. The Labute approximate surface area is 59.6 Å². The lowest BCUT2D eigenvalue weighted by molar-refractivity contribution is 0.153. The van der Waals surface area contributed by atoms with Crippen molar-refractivity contribution in [1.82, 2.24) is 4.89 Å². The highest BCUT2D eigenvalue weighted by molar-refractivity contribution is 7.90. The molecule has 10 heavy (non-hydrogen) atoms. The molecule has 5 nitrogen and oxygen atoms in total. The number of sulfonamides is 1. The number of hydrogen-bond acceptors (Lipinski definition) is 4. The zero-order chi connectivity index (χ0) is 8.20. The Kier molecular flexibility index (Phi) is 3.28. The van der Waals surface area contributed by atoms with Crippen LogP contribution in [0, 0.1) is 11.3 Å². The zero-order valence-electron chi connectivity index (χ0n) is 5.66. The van der Waals surface area contributed by atoms with Gasteiger partial charge >= 0.3 is 0 Å². The average molecular weight is 164 g/mol.